The van der Waals surface area contributed by atoms with Crippen molar-refractivity contribution in [3.05, 3.63) is 29.8 Å². The van der Waals surface area contributed by atoms with Crippen molar-refractivity contribution >= 4 is 17.5 Å². The SMILES string of the molecule is CC(CC(=O)NCCN1C(=O)Cc2ccccc21)C1CCNCC1. The molecule has 5 heteroatoms. The Morgan fingerprint density at radius 2 is 2.08 bits per heavy atom. The number of benzene rings is 1. The van der Waals surface area contributed by atoms with Crippen LogP contribution in [0.2, 0.25) is 0 Å². The summed E-state index contributed by atoms with van der Waals surface area (Å²) in [6, 6.07) is 7.87. The third-order valence-electron chi connectivity index (χ3n) is 5.28. The van der Waals surface area contributed by atoms with E-state index in [9.17, 15) is 9.59 Å². The minimum Gasteiger partial charge on any atom is -0.354 e. The molecule has 1 aromatic rings. The van der Waals surface area contributed by atoms with E-state index in [1.165, 1.54) is 0 Å². The Bertz CT molecular complexity index is 596. The van der Waals surface area contributed by atoms with Crippen LogP contribution >= 0.6 is 0 Å². The van der Waals surface area contributed by atoms with Crippen LogP contribution in [-0.2, 0) is 16.0 Å². The molecule has 24 heavy (non-hydrogen) atoms. The van der Waals surface area contributed by atoms with Crippen LogP contribution in [0.3, 0.4) is 0 Å². The molecular weight excluding hydrogens is 302 g/mol. The standard InChI is InChI=1S/C19H27N3O2/c1-14(15-6-8-20-9-7-15)12-18(23)21-10-11-22-17-5-3-2-4-16(17)13-19(22)24/h2-5,14-15,20H,6-13H2,1H3,(H,21,23). The summed E-state index contributed by atoms with van der Waals surface area (Å²) in [5.41, 5.74) is 2.06. The first-order valence-corrected chi connectivity index (χ1v) is 9.01. The lowest BCUT2D eigenvalue weighted by Gasteiger charge is -2.28. The number of para-hydroxylation sites is 1. The van der Waals surface area contributed by atoms with Gasteiger partial charge in [-0.2, -0.15) is 0 Å². The predicted octanol–water partition coefficient (Wildman–Crippen LogP) is 1.72. The highest BCUT2D eigenvalue weighted by atomic mass is 16.2. The van der Waals surface area contributed by atoms with E-state index in [0.717, 1.165) is 37.2 Å². The summed E-state index contributed by atoms with van der Waals surface area (Å²) in [6.07, 6.45) is 3.37. The molecule has 1 fully saturated rings. The van der Waals surface area contributed by atoms with Gasteiger partial charge in [-0.25, -0.2) is 0 Å². The Morgan fingerprint density at radius 1 is 1.33 bits per heavy atom. The van der Waals surface area contributed by atoms with E-state index < -0.39 is 0 Å². The second kappa shape index (κ2) is 7.79. The number of rotatable bonds is 6. The molecule has 2 amide bonds. The number of piperidine rings is 1. The Labute approximate surface area is 143 Å². The molecule has 0 spiro atoms. The van der Waals surface area contributed by atoms with Gasteiger partial charge in [0.1, 0.15) is 0 Å². The van der Waals surface area contributed by atoms with Crippen LogP contribution in [0.4, 0.5) is 5.69 Å². The van der Waals surface area contributed by atoms with Gasteiger partial charge in [0.25, 0.3) is 0 Å². The topological polar surface area (TPSA) is 61.4 Å². The number of hydrogen-bond acceptors (Lipinski definition) is 3. The summed E-state index contributed by atoms with van der Waals surface area (Å²) in [4.78, 5) is 26.0. The molecule has 0 aromatic heterocycles. The summed E-state index contributed by atoms with van der Waals surface area (Å²) in [7, 11) is 0. The molecule has 5 nitrogen and oxygen atoms in total. The first kappa shape index (κ1) is 17.0. The third kappa shape index (κ3) is 3.96. The fourth-order valence-corrected chi connectivity index (χ4v) is 3.81. The van der Waals surface area contributed by atoms with Gasteiger partial charge in [0.05, 0.1) is 6.42 Å². The maximum absolute atomic E-state index is 12.2. The lowest BCUT2D eigenvalue weighted by Crippen LogP contribution is -2.38. The van der Waals surface area contributed by atoms with Crippen molar-refractivity contribution in [2.24, 2.45) is 11.8 Å². The van der Waals surface area contributed by atoms with Crippen LogP contribution in [0.15, 0.2) is 24.3 Å². The van der Waals surface area contributed by atoms with E-state index in [2.05, 4.69) is 17.6 Å². The number of nitrogens with zero attached hydrogens (tertiary/aromatic N) is 1. The number of hydrogen-bond donors (Lipinski definition) is 2. The van der Waals surface area contributed by atoms with Gasteiger partial charge in [0.2, 0.25) is 11.8 Å². The van der Waals surface area contributed by atoms with Crippen molar-refractivity contribution in [2.45, 2.75) is 32.6 Å². The van der Waals surface area contributed by atoms with Crippen molar-refractivity contribution in [1.82, 2.24) is 10.6 Å². The third-order valence-corrected chi connectivity index (χ3v) is 5.28. The Hall–Kier alpha value is -1.88. The normalized spacial score (nSPS) is 19.2. The summed E-state index contributed by atoms with van der Waals surface area (Å²) < 4.78 is 0. The van der Waals surface area contributed by atoms with E-state index in [1.54, 1.807) is 4.90 Å². The van der Waals surface area contributed by atoms with Crippen molar-refractivity contribution in [3.63, 3.8) is 0 Å². The van der Waals surface area contributed by atoms with Gasteiger partial charge < -0.3 is 15.5 Å². The average molecular weight is 329 g/mol. The van der Waals surface area contributed by atoms with Crippen molar-refractivity contribution in [1.29, 1.82) is 0 Å². The molecule has 1 unspecified atom stereocenters. The molecule has 0 saturated carbocycles. The molecule has 0 bridgehead atoms. The summed E-state index contributed by atoms with van der Waals surface area (Å²) in [5.74, 6) is 1.28. The maximum atomic E-state index is 12.2. The fraction of sp³-hybridized carbons (Fsp3) is 0.579. The second-order valence-corrected chi connectivity index (χ2v) is 6.97. The van der Waals surface area contributed by atoms with Crippen LogP contribution in [0.5, 0.6) is 0 Å². The highest BCUT2D eigenvalue weighted by Gasteiger charge is 2.26. The first-order valence-electron chi connectivity index (χ1n) is 9.01. The second-order valence-electron chi connectivity index (χ2n) is 6.97. The van der Waals surface area contributed by atoms with E-state index >= 15 is 0 Å². The molecule has 130 valence electrons. The van der Waals surface area contributed by atoms with Gasteiger partial charge in [-0.1, -0.05) is 25.1 Å². The van der Waals surface area contributed by atoms with Crippen LogP contribution < -0.4 is 15.5 Å². The fourth-order valence-electron chi connectivity index (χ4n) is 3.81. The molecule has 1 saturated heterocycles. The zero-order valence-corrected chi connectivity index (χ0v) is 14.4. The van der Waals surface area contributed by atoms with E-state index in [-0.39, 0.29) is 11.8 Å². The van der Waals surface area contributed by atoms with Crippen molar-refractivity contribution < 1.29 is 9.59 Å². The van der Waals surface area contributed by atoms with Crippen LogP contribution in [0, 0.1) is 11.8 Å². The van der Waals surface area contributed by atoms with Crippen LogP contribution in [-0.4, -0.2) is 38.0 Å². The molecule has 3 rings (SSSR count). The number of nitrogens with one attached hydrogen (secondary N) is 2. The minimum absolute atomic E-state index is 0.0981. The smallest absolute Gasteiger partial charge is 0.231 e. The average Bonchev–Trinajstić information content (AvgIpc) is 2.91. The number of amides is 2. The van der Waals surface area contributed by atoms with Crippen LogP contribution in [0.1, 0.15) is 31.7 Å². The number of carbonyl (C=O) groups is 2. The lowest BCUT2D eigenvalue weighted by molar-refractivity contribution is -0.122. The highest BCUT2D eigenvalue weighted by molar-refractivity contribution is 6.01. The molecule has 2 aliphatic rings. The molecule has 1 atom stereocenters. The first-order chi connectivity index (χ1) is 11.6. The molecule has 0 radical (unpaired) electrons. The van der Waals surface area contributed by atoms with Crippen LogP contribution in [0.25, 0.3) is 0 Å². The summed E-state index contributed by atoms with van der Waals surface area (Å²) in [5, 5.41) is 6.35. The number of fused-ring (bicyclic) bond motifs is 1. The van der Waals surface area contributed by atoms with E-state index in [4.69, 9.17) is 0 Å². The molecule has 2 aliphatic heterocycles. The summed E-state index contributed by atoms with van der Waals surface area (Å²) in [6.45, 7) is 5.36. The molecular formula is C19H27N3O2. The lowest BCUT2D eigenvalue weighted by atomic mass is 9.84. The maximum Gasteiger partial charge on any atom is 0.231 e. The van der Waals surface area contributed by atoms with Gasteiger partial charge in [-0.3, -0.25) is 9.59 Å². The van der Waals surface area contributed by atoms with E-state index in [0.29, 0.717) is 37.8 Å². The molecule has 1 aromatic carbocycles. The summed E-state index contributed by atoms with van der Waals surface area (Å²) >= 11 is 0. The van der Waals surface area contributed by atoms with Crippen molar-refractivity contribution in [3.8, 4) is 0 Å². The van der Waals surface area contributed by atoms with E-state index in [1.807, 2.05) is 24.3 Å². The molecule has 2 heterocycles. The van der Waals surface area contributed by atoms with Gasteiger partial charge >= 0.3 is 0 Å². The monoisotopic (exact) mass is 329 g/mol. The van der Waals surface area contributed by atoms with Gasteiger partial charge in [0, 0.05) is 25.2 Å². The minimum atomic E-state index is 0.0981. The number of carbonyl (C=O) groups excluding carboxylic acids is 2. The molecule has 2 N–H and O–H groups in total. The largest absolute Gasteiger partial charge is 0.354 e. The zero-order chi connectivity index (χ0) is 16.9. The van der Waals surface area contributed by atoms with Gasteiger partial charge in [-0.15, -0.1) is 0 Å². The Kier molecular flexibility index (Phi) is 5.51. The molecule has 0 aliphatic carbocycles. The number of anilines is 1. The Balaban J connectivity index is 1.43. The quantitative estimate of drug-likeness (QED) is 0.835. The highest BCUT2D eigenvalue weighted by Crippen LogP contribution is 2.28. The van der Waals surface area contributed by atoms with Crippen molar-refractivity contribution in [2.75, 3.05) is 31.1 Å². The predicted molar refractivity (Wildman–Crippen MR) is 94.9 cm³/mol. The van der Waals surface area contributed by atoms with Gasteiger partial charge in [0.15, 0.2) is 0 Å². The zero-order valence-electron chi connectivity index (χ0n) is 14.4. The van der Waals surface area contributed by atoms with Gasteiger partial charge in [-0.05, 0) is 49.4 Å². The Morgan fingerprint density at radius 3 is 2.88 bits per heavy atom.